The number of aryl methyl sites for hydroxylation is 3. The van der Waals surface area contributed by atoms with Crippen LogP contribution in [-0.4, -0.2) is 10.6 Å². The van der Waals surface area contributed by atoms with Crippen LogP contribution >= 0.6 is 11.3 Å². The molecule has 0 bridgehead atoms. The molecule has 0 saturated heterocycles. The SMILES string of the molecule is Cc1cc(C)cc(NC(=O)NCc2c(-c3cccs3)n(C)c3ccccc23)c1. The average Bonchev–Trinajstić information content (AvgIpc) is 3.26. The fraction of sp³-hybridized carbons (Fsp3) is 0.174. The number of rotatable bonds is 4. The monoisotopic (exact) mass is 389 g/mol. The van der Waals surface area contributed by atoms with Crippen molar-refractivity contribution in [3.63, 3.8) is 0 Å². The largest absolute Gasteiger partial charge is 0.343 e. The lowest BCUT2D eigenvalue weighted by Gasteiger charge is -2.11. The molecular formula is C23H23N3OS. The van der Waals surface area contributed by atoms with Crippen LogP contribution < -0.4 is 10.6 Å². The van der Waals surface area contributed by atoms with E-state index in [1.165, 1.54) is 10.3 Å². The Labute approximate surface area is 168 Å². The first kappa shape index (κ1) is 18.3. The van der Waals surface area contributed by atoms with Crippen LogP contribution in [0.1, 0.15) is 16.7 Å². The van der Waals surface area contributed by atoms with Crippen LogP contribution in [0.25, 0.3) is 21.5 Å². The number of hydrogen-bond acceptors (Lipinski definition) is 2. The number of para-hydroxylation sites is 1. The van der Waals surface area contributed by atoms with Crippen LogP contribution in [0.4, 0.5) is 10.5 Å². The van der Waals surface area contributed by atoms with Gasteiger partial charge in [0.15, 0.2) is 0 Å². The summed E-state index contributed by atoms with van der Waals surface area (Å²) in [6.07, 6.45) is 0. The standard InChI is InChI=1S/C23H23N3OS/c1-15-11-16(2)13-17(12-15)25-23(27)24-14-19-18-7-4-5-8-20(18)26(3)22(19)21-9-6-10-28-21/h4-13H,14H2,1-3H3,(H2,24,25,27). The van der Waals surface area contributed by atoms with Crippen LogP contribution in [0.15, 0.2) is 60.0 Å². The molecule has 2 heterocycles. The minimum absolute atomic E-state index is 0.199. The molecular weight excluding hydrogens is 366 g/mol. The molecule has 4 aromatic rings. The van der Waals surface area contributed by atoms with E-state index in [0.29, 0.717) is 6.54 Å². The van der Waals surface area contributed by atoms with Gasteiger partial charge in [-0.1, -0.05) is 30.3 Å². The molecule has 2 aromatic heterocycles. The predicted octanol–water partition coefficient (Wildman–Crippen LogP) is 5.85. The number of aromatic nitrogens is 1. The first-order valence-electron chi connectivity index (χ1n) is 9.26. The van der Waals surface area contributed by atoms with Gasteiger partial charge in [0, 0.05) is 35.7 Å². The Morgan fingerprint density at radius 3 is 2.50 bits per heavy atom. The molecule has 0 saturated carbocycles. The molecule has 0 aliphatic rings. The van der Waals surface area contributed by atoms with Crippen molar-refractivity contribution in [3.8, 4) is 10.6 Å². The predicted molar refractivity (Wildman–Crippen MR) is 118 cm³/mol. The third-order valence-electron chi connectivity index (χ3n) is 4.87. The fourth-order valence-electron chi connectivity index (χ4n) is 3.77. The summed E-state index contributed by atoms with van der Waals surface area (Å²) in [6.45, 7) is 4.52. The number of benzene rings is 2. The van der Waals surface area contributed by atoms with E-state index < -0.39 is 0 Å². The van der Waals surface area contributed by atoms with E-state index in [0.717, 1.165) is 33.6 Å². The Bertz CT molecular complexity index is 1120. The van der Waals surface area contributed by atoms with Crippen molar-refractivity contribution in [1.29, 1.82) is 0 Å². The molecule has 5 heteroatoms. The van der Waals surface area contributed by atoms with Gasteiger partial charge in [0.25, 0.3) is 0 Å². The molecule has 2 N–H and O–H groups in total. The number of fused-ring (bicyclic) bond motifs is 1. The van der Waals surface area contributed by atoms with Crippen LogP contribution in [0, 0.1) is 13.8 Å². The highest BCUT2D eigenvalue weighted by Gasteiger charge is 2.17. The molecule has 0 aliphatic carbocycles. The van der Waals surface area contributed by atoms with Gasteiger partial charge in [-0.05, 0) is 54.6 Å². The van der Waals surface area contributed by atoms with E-state index in [4.69, 9.17) is 0 Å². The summed E-state index contributed by atoms with van der Waals surface area (Å²) in [6, 6.07) is 18.3. The molecule has 0 spiro atoms. The molecule has 2 aromatic carbocycles. The van der Waals surface area contributed by atoms with Gasteiger partial charge in [-0.25, -0.2) is 4.79 Å². The summed E-state index contributed by atoms with van der Waals surface area (Å²) >= 11 is 1.71. The van der Waals surface area contributed by atoms with E-state index in [9.17, 15) is 4.79 Å². The fourth-order valence-corrected chi connectivity index (χ4v) is 4.60. The summed E-state index contributed by atoms with van der Waals surface area (Å²) in [4.78, 5) is 13.7. The highest BCUT2D eigenvalue weighted by Crippen LogP contribution is 2.35. The number of nitrogens with zero attached hydrogens (tertiary/aromatic N) is 1. The minimum Gasteiger partial charge on any atom is -0.343 e. The first-order chi connectivity index (χ1) is 13.5. The van der Waals surface area contributed by atoms with Gasteiger partial charge in [0.05, 0.1) is 10.6 Å². The number of thiophene rings is 1. The number of urea groups is 1. The quantitative estimate of drug-likeness (QED) is 0.452. The Balaban J connectivity index is 1.61. The second kappa shape index (κ2) is 7.52. The number of amides is 2. The van der Waals surface area contributed by atoms with Gasteiger partial charge < -0.3 is 15.2 Å². The Morgan fingerprint density at radius 1 is 1.04 bits per heavy atom. The second-order valence-corrected chi connectivity index (χ2v) is 8.01. The summed E-state index contributed by atoms with van der Waals surface area (Å²) in [5, 5.41) is 9.23. The van der Waals surface area contributed by atoms with Gasteiger partial charge in [-0.15, -0.1) is 11.3 Å². The number of carbonyl (C=O) groups is 1. The number of anilines is 1. The van der Waals surface area contributed by atoms with Crippen molar-refractivity contribution in [2.24, 2.45) is 7.05 Å². The van der Waals surface area contributed by atoms with Gasteiger partial charge in [-0.3, -0.25) is 0 Å². The van der Waals surface area contributed by atoms with E-state index in [1.807, 2.05) is 38.1 Å². The third-order valence-corrected chi connectivity index (χ3v) is 5.75. The van der Waals surface area contributed by atoms with Gasteiger partial charge >= 0.3 is 6.03 Å². The zero-order valence-corrected chi connectivity index (χ0v) is 17.1. The lowest BCUT2D eigenvalue weighted by Crippen LogP contribution is -2.28. The van der Waals surface area contributed by atoms with Crippen LogP contribution in [0.5, 0.6) is 0 Å². The number of hydrogen-bond donors (Lipinski definition) is 2. The highest BCUT2D eigenvalue weighted by molar-refractivity contribution is 7.13. The van der Waals surface area contributed by atoms with E-state index >= 15 is 0 Å². The summed E-state index contributed by atoms with van der Waals surface area (Å²) in [5.74, 6) is 0. The maximum absolute atomic E-state index is 12.5. The van der Waals surface area contributed by atoms with E-state index in [-0.39, 0.29) is 6.03 Å². The lowest BCUT2D eigenvalue weighted by molar-refractivity contribution is 0.252. The van der Waals surface area contributed by atoms with Crippen molar-refractivity contribution in [2.75, 3.05) is 5.32 Å². The maximum Gasteiger partial charge on any atom is 0.319 e. The topological polar surface area (TPSA) is 46.1 Å². The average molecular weight is 390 g/mol. The smallest absolute Gasteiger partial charge is 0.319 e. The molecule has 4 nitrogen and oxygen atoms in total. The van der Waals surface area contributed by atoms with Crippen molar-refractivity contribution in [3.05, 3.63) is 76.7 Å². The van der Waals surface area contributed by atoms with Crippen molar-refractivity contribution >= 4 is 34.0 Å². The summed E-state index contributed by atoms with van der Waals surface area (Å²) < 4.78 is 2.21. The van der Waals surface area contributed by atoms with Gasteiger partial charge in [0.2, 0.25) is 0 Å². The highest BCUT2D eigenvalue weighted by atomic mass is 32.1. The molecule has 0 radical (unpaired) electrons. The van der Waals surface area contributed by atoms with Gasteiger partial charge in [-0.2, -0.15) is 0 Å². The van der Waals surface area contributed by atoms with E-state index in [1.54, 1.807) is 11.3 Å². The Morgan fingerprint density at radius 2 is 1.79 bits per heavy atom. The molecule has 142 valence electrons. The molecule has 0 fully saturated rings. The summed E-state index contributed by atoms with van der Waals surface area (Å²) in [7, 11) is 2.08. The molecule has 28 heavy (non-hydrogen) atoms. The van der Waals surface area contributed by atoms with Gasteiger partial charge in [0.1, 0.15) is 0 Å². The van der Waals surface area contributed by atoms with Crippen LogP contribution in [-0.2, 0) is 13.6 Å². The second-order valence-electron chi connectivity index (χ2n) is 7.06. The minimum atomic E-state index is -0.199. The van der Waals surface area contributed by atoms with Crippen molar-refractivity contribution < 1.29 is 4.79 Å². The lowest BCUT2D eigenvalue weighted by atomic mass is 10.1. The maximum atomic E-state index is 12.5. The first-order valence-corrected chi connectivity index (χ1v) is 10.1. The third kappa shape index (κ3) is 3.53. The molecule has 0 unspecified atom stereocenters. The van der Waals surface area contributed by atoms with Crippen molar-refractivity contribution in [2.45, 2.75) is 20.4 Å². The molecule has 0 aliphatic heterocycles. The number of nitrogens with one attached hydrogen (secondary N) is 2. The molecule has 0 atom stereocenters. The zero-order chi connectivity index (χ0) is 19.7. The Hall–Kier alpha value is -3.05. The number of carbonyl (C=O) groups excluding carboxylic acids is 1. The summed E-state index contributed by atoms with van der Waals surface area (Å²) in [5.41, 5.74) is 6.52. The molecule has 2 amide bonds. The van der Waals surface area contributed by atoms with Crippen molar-refractivity contribution in [1.82, 2.24) is 9.88 Å². The molecule has 4 rings (SSSR count). The van der Waals surface area contributed by atoms with Crippen LogP contribution in [0.2, 0.25) is 0 Å². The Kier molecular flexibility index (Phi) is 4.92. The normalized spacial score (nSPS) is 11.0. The van der Waals surface area contributed by atoms with E-state index in [2.05, 4.69) is 58.0 Å². The zero-order valence-electron chi connectivity index (χ0n) is 16.2. The van der Waals surface area contributed by atoms with Crippen LogP contribution in [0.3, 0.4) is 0 Å².